The molecule has 0 saturated heterocycles. The van der Waals surface area contributed by atoms with Crippen molar-refractivity contribution in [2.24, 2.45) is 11.8 Å². The van der Waals surface area contributed by atoms with Crippen LogP contribution in [0.2, 0.25) is 0 Å². The van der Waals surface area contributed by atoms with Crippen molar-refractivity contribution in [3.05, 3.63) is 65.7 Å². The highest BCUT2D eigenvalue weighted by Crippen LogP contribution is 2.35. The first-order valence-corrected chi connectivity index (χ1v) is 10.9. The van der Waals surface area contributed by atoms with Gasteiger partial charge in [-0.05, 0) is 71.9 Å². The highest BCUT2D eigenvalue weighted by atomic mass is 19.4. The molecular weight excluding hydrogens is 369 g/mol. The molecule has 0 bridgehead atoms. The van der Waals surface area contributed by atoms with Gasteiger partial charge in [0, 0.05) is 0 Å². The lowest BCUT2D eigenvalue weighted by atomic mass is 9.82. The van der Waals surface area contributed by atoms with E-state index in [-0.39, 0.29) is 0 Å². The van der Waals surface area contributed by atoms with E-state index < -0.39 is 11.7 Å². The van der Waals surface area contributed by atoms with Crippen molar-refractivity contribution in [2.45, 2.75) is 65.0 Å². The normalized spacial score (nSPS) is 17.4. The Labute approximate surface area is 172 Å². The minimum Gasteiger partial charge on any atom is -0.166 e. The maximum atomic E-state index is 12.7. The summed E-state index contributed by atoms with van der Waals surface area (Å²) >= 11 is 0. The van der Waals surface area contributed by atoms with Crippen LogP contribution in [0.5, 0.6) is 0 Å². The van der Waals surface area contributed by atoms with Crippen LogP contribution in [0.1, 0.15) is 69.9 Å². The standard InChI is InChI=1S/C26H31F3/c1-3-19(4-2)5-6-20-7-9-21(10-8-20)22-11-13-23(14-12-22)24-15-17-25(18-16-24)26(27,28)29/h9,11-20H,3-8,10H2,1-2H3. The molecule has 1 unspecified atom stereocenters. The van der Waals surface area contributed by atoms with Crippen LogP contribution in [0.25, 0.3) is 16.7 Å². The van der Waals surface area contributed by atoms with E-state index in [1.54, 1.807) is 12.1 Å². The number of rotatable bonds is 7. The Kier molecular flexibility index (Phi) is 7.21. The summed E-state index contributed by atoms with van der Waals surface area (Å²) in [4.78, 5) is 0. The molecule has 1 aliphatic carbocycles. The lowest BCUT2D eigenvalue weighted by Crippen LogP contribution is -2.08. The third kappa shape index (κ3) is 5.74. The van der Waals surface area contributed by atoms with Gasteiger partial charge in [-0.25, -0.2) is 0 Å². The lowest BCUT2D eigenvalue weighted by molar-refractivity contribution is -0.137. The van der Waals surface area contributed by atoms with Crippen molar-refractivity contribution in [1.82, 2.24) is 0 Å². The molecule has 156 valence electrons. The molecule has 0 aliphatic heterocycles. The highest BCUT2D eigenvalue weighted by Gasteiger charge is 2.30. The molecule has 2 aromatic carbocycles. The number of hydrogen-bond donors (Lipinski definition) is 0. The average molecular weight is 401 g/mol. The predicted octanol–water partition coefficient (Wildman–Crippen LogP) is 8.77. The summed E-state index contributed by atoms with van der Waals surface area (Å²) in [6, 6.07) is 13.6. The van der Waals surface area contributed by atoms with Gasteiger partial charge in [-0.2, -0.15) is 13.2 Å². The highest BCUT2D eigenvalue weighted by molar-refractivity contribution is 5.71. The fraction of sp³-hybridized carbons (Fsp3) is 0.462. The Hall–Kier alpha value is -2.03. The van der Waals surface area contributed by atoms with Crippen LogP contribution in [0, 0.1) is 11.8 Å². The summed E-state index contributed by atoms with van der Waals surface area (Å²) in [5.41, 5.74) is 3.79. The Morgan fingerprint density at radius 3 is 1.90 bits per heavy atom. The molecule has 2 aromatic rings. The van der Waals surface area contributed by atoms with E-state index >= 15 is 0 Å². The van der Waals surface area contributed by atoms with Gasteiger partial charge in [0.05, 0.1) is 5.56 Å². The van der Waals surface area contributed by atoms with E-state index in [1.807, 2.05) is 12.1 Å². The molecule has 0 amide bonds. The summed E-state index contributed by atoms with van der Waals surface area (Å²) in [7, 11) is 0. The van der Waals surface area contributed by atoms with E-state index in [0.29, 0.717) is 0 Å². The number of allylic oxidation sites excluding steroid dienone is 2. The fourth-order valence-electron chi connectivity index (χ4n) is 4.31. The number of benzene rings is 2. The molecule has 0 spiro atoms. The van der Waals surface area contributed by atoms with Crippen LogP contribution in [-0.4, -0.2) is 0 Å². The minimum atomic E-state index is -4.29. The summed E-state index contributed by atoms with van der Waals surface area (Å²) in [5, 5.41) is 0. The van der Waals surface area contributed by atoms with E-state index in [2.05, 4.69) is 32.1 Å². The maximum absolute atomic E-state index is 12.7. The lowest BCUT2D eigenvalue weighted by Gasteiger charge is -2.24. The van der Waals surface area contributed by atoms with Crippen LogP contribution in [-0.2, 0) is 6.18 Å². The molecule has 3 rings (SSSR count). The van der Waals surface area contributed by atoms with Gasteiger partial charge in [0.25, 0.3) is 0 Å². The molecule has 3 heteroatoms. The van der Waals surface area contributed by atoms with Crippen molar-refractivity contribution < 1.29 is 13.2 Å². The van der Waals surface area contributed by atoms with Gasteiger partial charge in [0.15, 0.2) is 0 Å². The fourth-order valence-corrected chi connectivity index (χ4v) is 4.31. The third-order valence-corrected chi connectivity index (χ3v) is 6.46. The van der Waals surface area contributed by atoms with Crippen LogP contribution < -0.4 is 0 Å². The van der Waals surface area contributed by atoms with Crippen molar-refractivity contribution in [1.29, 1.82) is 0 Å². The SMILES string of the molecule is CCC(CC)CCC1CC=C(c2ccc(-c3ccc(C(F)(F)F)cc3)cc2)CC1. The number of halogens is 3. The summed E-state index contributed by atoms with van der Waals surface area (Å²) in [6.07, 6.45) is 6.91. The van der Waals surface area contributed by atoms with Gasteiger partial charge in [0.2, 0.25) is 0 Å². The second kappa shape index (κ2) is 9.65. The van der Waals surface area contributed by atoms with E-state index in [9.17, 15) is 13.2 Å². The van der Waals surface area contributed by atoms with Gasteiger partial charge in [-0.1, -0.05) is 75.6 Å². The summed E-state index contributed by atoms with van der Waals surface area (Å²) in [5.74, 6) is 1.68. The predicted molar refractivity (Wildman–Crippen MR) is 116 cm³/mol. The molecule has 0 saturated carbocycles. The summed E-state index contributed by atoms with van der Waals surface area (Å²) in [6.45, 7) is 4.59. The third-order valence-electron chi connectivity index (χ3n) is 6.46. The Morgan fingerprint density at radius 2 is 1.41 bits per heavy atom. The molecule has 0 aromatic heterocycles. The first-order chi connectivity index (χ1) is 13.9. The quantitative estimate of drug-likeness (QED) is 0.436. The molecule has 0 heterocycles. The molecule has 1 atom stereocenters. The molecule has 0 nitrogen and oxygen atoms in total. The van der Waals surface area contributed by atoms with Gasteiger partial charge in [-0.15, -0.1) is 0 Å². The summed E-state index contributed by atoms with van der Waals surface area (Å²) < 4.78 is 38.2. The van der Waals surface area contributed by atoms with Crippen LogP contribution in [0.3, 0.4) is 0 Å². The van der Waals surface area contributed by atoms with E-state index in [0.717, 1.165) is 47.9 Å². The second-order valence-corrected chi connectivity index (χ2v) is 8.28. The zero-order valence-electron chi connectivity index (χ0n) is 17.4. The van der Waals surface area contributed by atoms with Crippen molar-refractivity contribution >= 4 is 5.57 Å². The first kappa shape index (κ1) is 21.7. The Morgan fingerprint density at radius 1 is 0.862 bits per heavy atom. The van der Waals surface area contributed by atoms with E-state index in [4.69, 9.17) is 0 Å². The Balaban J connectivity index is 1.60. The van der Waals surface area contributed by atoms with Crippen LogP contribution in [0.15, 0.2) is 54.6 Å². The Bertz CT molecular complexity index is 793. The van der Waals surface area contributed by atoms with Gasteiger partial charge in [-0.3, -0.25) is 0 Å². The first-order valence-electron chi connectivity index (χ1n) is 10.9. The second-order valence-electron chi connectivity index (χ2n) is 8.28. The smallest absolute Gasteiger partial charge is 0.166 e. The van der Waals surface area contributed by atoms with Crippen molar-refractivity contribution in [3.63, 3.8) is 0 Å². The average Bonchev–Trinajstić information content (AvgIpc) is 2.74. The topological polar surface area (TPSA) is 0 Å². The van der Waals surface area contributed by atoms with E-state index in [1.165, 1.54) is 43.2 Å². The zero-order chi connectivity index (χ0) is 20.9. The number of hydrogen-bond acceptors (Lipinski definition) is 0. The number of alkyl halides is 3. The molecule has 0 N–H and O–H groups in total. The molecular formula is C26H31F3. The van der Waals surface area contributed by atoms with Gasteiger partial charge < -0.3 is 0 Å². The molecule has 0 fully saturated rings. The van der Waals surface area contributed by atoms with Crippen molar-refractivity contribution in [3.8, 4) is 11.1 Å². The molecule has 29 heavy (non-hydrogen) atoms. The van der Waals surface area contributed by atoms with Crippen molar-refractivity contribution in [2.75, 3.05) is 0 Å². The minimum absolute atomic E-state index is 0.607. The van der Waals surface area contributed by atoms with Gasteiger partial charge >= 0.3 is 6.18 Å². The monoisotopic (exact) mass is 400 g/mol. The molecule has 1 aliphatic rings. The molecule has 0 radical (unpaired) electrons. The largest absolute Gasteiger partial charge is 0.416 e. The van der Waals surface area contributed by atoms with Crippen LogP contribution >= 0.6 is 0 Å². The maximum Gasteiger partial charge on any atom is 0.416 e. The van der Waals surface area contributed by atoms with Gasteiger partial charge in [0.1, 0.15) is 0 Å². The van der Waals surface area contributed by atoms with Crippen LogP contribution in [0.4, 0.5) is 13.2 Å². The zero-order valence-corrected chi connectivity index (χ0v) is 17.4.